The number of piperidine rings is 1. The maximum Gasteiger partial charge on any atom is 0.391 e. The molecule has 0 radical (unpaired) electrons. The lowest BCUT2D eigenvalue weighted by atomic mass is 9.88. The van der Waals surface area contributed by atoms with Gasteiger partial charge in [0.1, 0.15) is 0 Å². The summed E-state index contributed by atoms with van der Waals surface area (Å²) >= 11 is 0. The smallest absolute Gasteiger partial charge is 0.351 e. The molecule has 1 aliphatic carbocycles. The first-order valence-electron chi connectivity index (χ1n) is 11.3. The Bertz CT molecular complexity index is 899. The second-order valence-electron chi connectivity index (χ2n) is 9.24. The number of amides is 1. The van der Waals surface area contributed by atoms with Crippen LogP contribution in [-0.4, -0.2) is 50.9 Å². The van der Waals surface area contributed by atoms with E-state index in [1.54, 1.807) is 12.1 Å². The molecule has 0 bridgehead atoms. The highest BCUT2D eigenvalue weighted by Crippen LogP contribution is 2.40. The zero-order valence-corrected chi connectivity index (χ0v) is 18.6. The van der Waals surface area contributed by atoms with Crippen LogP contribution in [0.25, 0.3) is 0 Å². The maximum atomic E-state index is 12.9. The van der Waals surface area contributed by atoms with E-state index in [0.29, 0.717) is 18.5 Å². The second kappa shape index (κ2) is 9.30. The molecule has 3 aliphatic rings. The number of hydrogen-bond donors (Lipinski definition) is 3. The maximum absolute atomic E-state index is 12.9. The summed E-state index contributed by atoms with van der Waals surface area (Å²) < 4.78 is 64.3. The van der Waals surface area contributed by atoms with Gasteiger partial charge in [-0.25, -0.2) is 8.42 Å². The predicted molar refractivity (Wildman–Crippen MR) is 114 cm³/mol. The zero-order valence-electron chi connectivity index (χ0n) is 17.8. The number of benzene rings is 1. The van der Waals surface area contributed by atoms with Gasteiger partial charge in [0.05, 0.1) is 22.1 Å². The molecular formula is C22H30F3N3O3S. The first-order chi connectivity index (χ1) is 15.1. The molecule has 6 nitrogen and oxygen atoms in total. The summed E-state index contributed by atoms with van der Waals surface area (Å²) in [5.74, 6) is -0.998. The van der Waals surface area contributed by atoms with Crippen molar-refractivity contribution >= 4 is 15.7 Å². The standard InChI is InChI=1S/C22H30F3N3O3S/c23-22(24,25)16-3-7-18(8-4-16)32(30,31)17-5-1-14(2-6-17)12-27-21(29)20-11-15-13-26-10-9-19(15)28-20/h1-2,5-6,15-16,18-20,26,28H,3-4,7-13H2,(H,27,29). The van der Waals surface area contributed by atoms with Crippen molar-refractivity contribution in [2.75, 3.05) is 13.1 Å². The fourth-order valence-corrected chi connectivity index (χ4v) is 7.00. The van der Waals surface area contributed by atoms with Crippen molar-refractivity contribution in [1.82, 2.24) is 16.0 Å². The summed E-state index contributed by atoms with van der Waals surface area (Å²) in [6.45, 7) is 2.18. The van der Waals surface area contributed by atoms with E-state index < -0.39 is 27.2 Å². The average Bonchev–Trinajstić information content (AvgIpc) is 3.22. The highest BCUT2D eigenvalue weighted by molar-refractivity contribution is 7.92. The zero-order chi connectivity index (χ0) is 22.9. The van der Waals surface area contributed by atoms with Gasteiger partial charge in [0.2, 0.25) is 5.91 Å². The van der Waals surface area contributed by atoms with E-state index in [4.69, 9.17) is 0 Å². The third kappa shape index (κ3) is 5.12. The lowest BCUT2D eigenvalue weighted by molar-refractivity contribution is -0.181. The molecule has 4 rings (SSSR count). The topological polar surface area (TPSA) is 87.3 Å². The van der Waals surface area contributed by atoms with Crippen LogP contribution in [0.1, 0.15) is 44.1 Å². The molecule has 2 saturated heterocycles. The lowest BCUT2D eigenvalue weighted by Crippen LogP contribution is -2.45. The minimum Gasteiger partial charge on any atom is -0.351 e. The third-order valence-corrected chi connectivity index (χ3v) is 9.45. The van der Waals surface area contributed by atoms with E-state index in [2.05, 4.69) is 16.0 Å². The monoisotopic (exact) mass is 473 g/mol. The van der Waals surface area contributed by atoms with Crippen LogP contribution in [0.4, 0.5) is 13.2 Å². The van der Waals surface area contributed by atoms with Crippen LogP contribution in [0.15, 0.2) is 29.2 Å². The van der Waals surface area contributed by atoms with Crippen molar-refractivity contribution in [3.8, 4) is 0 Å². The molecule has 178 valence electrons. The third-order valence-electron chi connectivity index (χ3n) is 7.17. The minimum absolute atomic E-state index is 0.0240. The van der Waals surface area contributed by atoms with Crippen molar-refractivity contribution in [1.29, 1.82) is 0 Å². The molecule has 2 heterocycles. The number of sulfone groups is 1. The molecule has 0 spiro atoms. The number of carbonyl (C=O) groups excluding carboxylic acids is 1. The number of hydrogen-bond acceptors (Lipinski definition) is 5. The van der Waals surface area contributed by atoms with Crippen molar-refractivity contribution in [3.05, 3.63) is 29.8 Å². The van der Waals surface area contributed by atoms with Crippen LogP contribution in [0.5, 0.6) is 0 Å². The van der Waals surface area contributed by atoms with Gasteiger partial charge in [-0.3, -0.25) is 4.79 Å². The second-order valence-corrected chi connectivity index (χ2v) is 11.5. The first-order valence-corrected chi connectivity index (χ1v) is 12.8. The number of fused-ring (bicyclic) bond motifs is 1. The van der Waals surface area contributed by atoms with Gasteiger partial charge in [0, 0.05) is 12.6 Å². The van der Waals surface area contributed by atoms with Gasteiger partial charge in [-0.15, -0.1) is 0 Å². The SMILES string of the molecule is O=C(NCc1ccc(S(=O)(=O)C2CCC(C(F)(F)F)CC2)cc1)C1CC2CNCCC2N1. The predicted octanol–water partition coefficient (Wildman–Crippen LogP) is 2.54. The highest BCUT2D eigenvalue weighted by atomic mass is 32.2. The summed E-state index contributed by atoms with van der Waals surface area (Å²) in [6, 6.07) is 6.45. The molecule has 1 saturated carbocycles. The Morgan fingerprint density at radius 1 is 1.06 bits per heavy atom. The van der Waals surface area contributed by atoms with E-state index >= 15 is 0 Å². The summed E-state index contributed by atoms with van der Waals surface area (Å²) in [6.07, 6.45) is -2.69. The molecule has 3 fully saturated rings. The fraction of sp³-hybridized carbons (Fsp3) is 0.682. The Labute approximate surface area is 186 Å². The molecule has 3 N–H and O–H groups in total. The average molecular weight is 474 g/mol. The summed E-state index contributed by atoms with van der Waals surface area (Å²) in [5.41, 5.74) is 0.773. The van der Waals surface area contributed by atoms with E-state index in [1.165, 1.54) is 12.1 Å². The van der Waals surface area contributed by atoms with Gasteiger partial charge in [0.15, 0.2) is 9.84 Å². The highest BCUT2D eigenvalue weighted by Gasteiger charge is 2.44. The molecule has 3 atom stereocenters. The van der Waals surface area contributed by atoms with Crippen LogP contribution in [0.2, 0.25) is 0 Å². The molecule has 10 heteroatoms. The van der Waals surface area contributed by atoms with Gasteiger partial charge < -0.3 is 16.0 Å². The summed E-state index contributed by atoms with van der Waals surface area (Å²) in [5, 5.41) is 8.89. The summed E-state index contributed by atoms with van der Waals surface area (Å²) in [4.78, 5) is 12.6. The number of alkyl halides is 3. The number of rotatable bonds is 5. The Morgan fingerprint density at radius 2 is 1.75 bits per heavy atom. The lowest BCUT2D eigenvalue weighted by Gasteiger charge is -2.29. The Morgan fingerprint density at radius 3 is 2.38 bits per heavy atom. The van der Waals surface area contributed by atoms with Crippen molar-refractivity contribution in [2.24, 2.45) is 11.8 Å². The van der Waals surface area contributed by atoms with Gasteiger partial charge >= 0.3 is 6.18 Å². The number of halogens is 3. The minimum atomic E-state index is -4.26. The normalized spacial score (nSPS) is 31.2. The van der Waals surface area contributed by atoms with E-state index in [-0.39, 0.29) is 42.5 Å². The van der Waals surface area contributed by atoms with Crippen LogP contribution in [-0.2, 0) is 21.2 Å². The van der Waals surface area contributed by atoms with E-state index in [1.807, 2.05) is 0 Å². The molecule has 1 aromatic carbocycles. The van der Waals surface area contributed by atoms with Gasteiger partial charge in [-0.05, 0) is 75.2 Å². The Hall–Kier alpha value is -1.65. The molecule has 1 aromatic rings. The Kier molecular flexibility index (Phi) is 6.84. The van der Waals surface area contributed by atoms with Gasteiger partial charge in [0.25, 0.3) is 0 Å². The Balaban J connectivity index is 1.30. The van der Waals surface area contributed by atoms with Crippen LogP contribution >= 0.6 is 0 Å². The number of carbonyl (C=O) groups is 1. The van der Waals surface area contributed by atoms with E-state index in [9.17, 15) is 26.4 Å². The largest absolute Gasteiger partial charge is 0.391 e. The summed E-state index contributed by atoms with van der Waals surface area (Å²) in [7, 11) is -3.67. The fourth-order valence-electron chi connectivity index (χ4n) is 5.20. The molecule has 32 heavy (non-hydrogen) atoms. The van der Waals surface area contributed by atoms with Crippen LogP contribution < -0.4 is 16.0 Å². The van der Waals surface area contributed by atoms with Gasteiger partial charge in [-0.1, -0.05) is 12.1 Å². The van der Waals surface area contributed by atoms with Crippen molar-refractivity contribution in [3.63, 3.8) is 0 Å². The molecule has 3 unspecified atom stereocenters. The van der Waals surface area contributed by atoms with Crippen LogP contribution in [0.3, 0.4) is 0 Å². The van der Waals surface area contributed by atoms with Crippen LogP contribution in [0, 0.1) is 11.8 Å². The van der Waals surface area contributed by atoms with Crippen molar-refractivity contribution < 1.29 is 26.4 Å². The molecule has 1 amide bonds. The van der Waals surface area contributed by atoms with Gasteiger partial charge in [-0.2, -0.15) is 13.2 Å². The number of nitrogens with one attached hydrogen (secondary N) is 3. The quantitative estimate of drug-likeness (QED) is 0.612. The molecule has 2 aliphatic heterocycles. The van der Waals surface area contributed by atoms with E-state index in [0.717, 1.165) is 31.5 Å². The molecule has 0 aromatic heterocycles. The molecular weight excluding hydrogens is 443 g/mol. The first kappa shape index (κ1) is 23.5. The van der Waals surface area contributed by atoms with Crippen molar-refractivity contribution in [2.45, 2.75) is 73.5 Å².